The molecule has 0 aromatic carbocycles. The molecule has 0 atom stereocenters. The molecule has 2 rings (SSSR count). The minimum Gasteiger partial charge on any atom is -0.492 e. The molecule has 1 aliphatic carbocycles. The number of ketones is 1. The van der Waals surface area contributed by atoms with Crippen molar-refractivity contribution in [1.29, 1.82) is 0 Å². The molecular weight excluding hydrogens is 212 g/mol. The van der Waals surface area contributed by atoms with Crippen molar-refractivity contribution in [3.8, 4) is 0 Å². The van der Waals surface area contributed by atoms with Crippen LogP contribution >= 0.6 is 0 Å². The second kappa shape index (κ2) is 3.92. The maximum absolute atomic E-state index is 11.8. The van der Waals surface area contributed by atoms with E-state index in [1.165, 1.54) is 14.2 Å². The standard InChI is InChI=1S/C11H14O5/c1-7-6-11(15-4-5-16-11)10(14-3)9(13-2)8(7)12/h6H,4-5H2,1-3H3. The van der Waals surface area contributed by atoms with Crippen LogP contribution in [0.2, 0.25) is 0 Å². The minimum atomic E-state index is -1.09. The molecular formula is C11H14O5. The Labute approximate surface area is 93.6 Å². The lowest BCUT2D eigenvalue weighted by molar-refractivity contribution is -0.132. The van der Waals surface area contributed by atoms with E-state index in [0.29, 0.717) is 18.8 Å². The van der Waals surface area contributed by atoms with Gasteiger partial charge in [0.1, 0.15) is 0 Å². The molecule has 16 heavy (non-hydrogen) atoms. The largest absolute Gasteiger partial charge is 0.492 e. The normalized spacial score (nSPS) is 23.7. The summed E-state index contributed by atoms with van der Waals surface area (Å²) >= 11 is 0. The van der Waals surface area contributed by atoms with Crippen LogP contribution in [0.3, 0.4) is 0 Å². The van der Waals surface area contributed by atoms with E-state index < -0.39 is 5.79 Å². The van der Waals surface area contributed by atoms with Gasteiger partial charge in [0.15, 0.2) is 0 Å². The van der Waals surface area contributed by atoms with Crippen LogP contribution in [0, 0.1) is 0 Å². The van der Waals surface area contributed by atoms with Gasteiger partial charge in [-0.3, -0.25) is 4.79 Å². The molecule has 5 nitrogen and oxygen atoms in total. The summed E-state index contributed by atoms with van der Waals surface area (Å²) in [6.45, 7) is 2.62. The average Bonchev–Trinajstić information content (AvgIpc) is 2.72. The first-order chi connectivity index (χ1) is 7.64. The maximum atomic E-state index is 11.8. The average molecular weight is 226 g/mol. The van der Waals surface area contributed by atoms with E-state index in [1.807, 2.05) is 0 Å². The molecule has 2 aliphatic rings. The number of carbonyl (C=O) groups excluding carboxylic acids is 1. The summed E-state index contributed by atoms with van der Waals surface area (Å²) < 4.78 is 21.3. The fourth-order valence-corrected chi connectivity index (χ4v) is 1.92. The highest BCUT2D eigenvalue weighted by Crippen LogP contribution is 2.37. The van der Waals surface area contributed by atoms with Gasteiger partial charge < -0.3 is 18.9 Å². The van der Waals surface area contributed by atoms with Crippen molar-refractivity contribution in [1.82, 2.24) is 0 Å². The van der Waals surface area contributed by atoms with Gasteiger partial charge in [0.2, 0.25) is 17.3 Å². The van der Waals surface area contributed by atoms with Crippen molar-refractivity contribution in [3.05, 3.63) is 23.2 Å². The van der Waals surface area contributed by atoms with Crippen LogP contribution in [-0.4, -0.2) is 39.0 Å². The predicted octanol–water partition coefficient (Wildman–Crippen LogP) is 0.763. The highest BCUT2D eigenvalue weighted by Gasteiger charge is 2.47. The van der Waals surface area contributed by atoms with Crippen LogP contribution < -0.4 is 0 Å². The Balaban J connectivity index is 2.52. The van der Waals surface area contributed by atoms with Crippen molar-refractivity contribution in [3.63, 3.8) is 0 Å². The topological polar surface area (TPSA) is 54.0 Å². The van der Waals surface area contributed by atoms with Gasteiger partial charge in [-0.25, -0.2) is 0 Å². The molecule has 0 amide bonds. The monoisotopic (exact) mass is 226 g/mol. The highest BCUT2D eigenvalue weighted by molar-refractivity contribution is 6.08. The van der Waals surface area contributed by atoms with Crippen molar-refractivity contribution >= 4 is 5.78 Å². The van der Waals surface area contributed by atoms with Gasteiger partial charge in [0.25, 0.3) is 5.79 Å². The van der Waals surface area contributed by atoms with Crippen LogP contribution in [0.1, 0.15) is 6.92 Å². The summed E-state index contributed by atoms with van der Waals surface area (Å²) in [7, 11) is 2.89. The third-order valence-corrected chi connectivity index (χ3v) is 2.62. The predicted molar refractivity (Wildman–Crippen MR) is 54.4 cm³/mol. The Kier molecular flexibility index (Phi) is 2.73. The maximum Gasteiger partial charge on any atom is 0.253 e. The van der Waals surface area contributed by atoms with E-state index >= 15 is 0 Å². The summed E-state index contributed by atoms with van der Waals surface area (Å²) in [6, 6.07) is 0. The molecule has 0 unspecified atom stereocenters. The summed E-state index contributed by atoms with van der Waals surface area (Å²) in [6.07, 6.45) is 1.63. The summed E-state index contributed by atoms with van der Waals surface area (Å²) in [5, 5.41) is 0. The third kappa shape index (κ3) is 1.44. The van der Waals surface area contributed by atoms with Crippen LogP contribution in [-0.2, 0) is 23.7 Å². The van der Waals surface area contributed by atoms with E-state index in [4.69, 9.17) is 18.9 Å². The van der Waals surface area contributed by atoms with Crippen molar-refractivity contribution < 1.29 is 23.7 Å². The van der Waals surface area contributed by atoms with Gasteiger partial charge in [-0.1, -0.05) is 0 Å². The summed E-state index contributed by atoms with van der Waals surface area (Å²) in [5.41, 5.74) is 0.527. The van der Waals surface area contributed by atoms with Crippen LogP contribution in [0.25, 0.3) is 0 Å². The van der Waals surface area contributed by atoms with E-state index in [2.05, 4.69) is 0 Å². The van der Waals surface area contributed by atoms with Gasteiger partial charge in [-0.15, -0.1) is 0 Å². The molecule has 1 fully saturated rings. The van der Waals surface area contributed by atoms with Crippen molar-refractivity contribution in [2.24, 2.45) is 0 Å². The Morgan fingerprint density at radius 3 is 2.38 bits per heavy atom. The number of rotatable bonds is 2. The number of hydrogen-bond donors (Lipinski definition) is 0. The molecule has 0 bridgehead atoms. The van der Waals surface area contributed by atoms with E-state index in [1.54, 1.807) is 13.0 Å². The van der Waals surface area contributed by atoms with Gasteiger partial charge >= 0.3 is 0 Å². The number of methoxy groups -OCH3 is 2. The molecule has 1 saturated heterocycles. The van der Waals surface area contributed by atoms with Crippen molar-refractivity contribution in [2.75, 3.05) is 27.4 Å². The van der Waals surface area contributed by atoms with Gasteiger partial charge in [0.05, 0.1) is 27.4 Å². The van der Waals surface area contributed by atoms with Crippen LogP contribution in [0.15, 0.2) is 23.2 Å². The first-order valence-corrected chi connectivity index (χ1v) is 4.99. The quantitative estimate of drug-likeness (QED) is 0.696. The zero-order valence-corrected chi connectivity index (χ0v) is 9.53. The number of carbonyl (C=O) groups is 1. The molecule has 88 valence electrons. The van der Waals surface area contributed by atoms with E-state index in [-0.39, 0.29) is 17.3 Å². The Bertz CT molecular complexity index is 374. The smallest absolute Gasteiger partial charge is 0.253 e. The summed E-state index contributed by atoms with van der Waals surface area (Å²) in [5.74, 6) is -0.866. The lowest BCUT2D eigenvalue weighted by atomic mass is 9.98. The van der Waals surface area contributed by atoms with E-state index in [0.717, 1.165) is 0 Å². The van der Waals surface area contributed by atoms with Crippen molar-refractivity contribution in [2.45, 2.75) is 12.7 Å². The molecule has 0 saturated carbocycles. The second-order valence-electron chi connectivity index (χ2n) is 3.59. The van der Waals surface area contributed by atoms with Crippen LogP contribution in [0.4, 0.5) is 0 Å². The number of hydrogen-bond acceptors (Lipinski definition) is 5. The molecule has 1 heterocycles. The first kappa shape index (κ1) is 11.2. The molecule has 1 spiro atoms. The molecule has 0 N–H and O–H groups in total. The molecule has 1 aliphatic heterocycles. The highest BCUT2D eigenvalue weighted by atomic mass is 16.8. The fourth-order valence-electron chi connectivity index (χ4n) is 1.92. The zero-order chi connectivity index (χ0) is 11.8. The van der Waals surface area contributed by atoms with Gasteiger partial charge in [-0.2, -0.15) is 0 Å². The first-order valence-electron chi connectivity index (χ1n) is 4.99. The van der Waals surface area contributed by atoms with Crippen LogP contribution in [0.5, 0.6) is 0 Å². The Hall–Kier alpha value is -1.33. The number of ether oxygens (including phenoxy) is 4. The summed E-state index contributed by atoms with van der Waals surface area (Å²) in [4.78, 5) is 11.8. The lowest BCUT2D eigenvalue weighted by Crippen LogP contribution is -2.37. The third-order valence-electron chi connectivity index (χ3n) is 2.62. The minimum absolute atomic E-state index is 0.143. The molecule has 0 radical (unpaired) electrons. The Morgan fingerprint density at radius 1 is 1.25 bits per heavy atom. The molecule has 0 aromatic heterocycles. The van der Waals surface area contributed by atoms with E-state index in [9.17, 15) is 4.79 Å². The number of allylic oxidation sites excluding steroid dienone is 1. The second-order valence-corrected chi connectivity index (χ2v) is 3.59. The lowest BCUT2D eigenvalue weighted by Gasteiger charge is -2.30. The Morgan fingerprint density at radius 2 is 1.88 bits per heavy atom. The SMILES string of the molecule is COC1=C(OC)C2(C=C(C)C1=O)OCCO2. The van der Waals surface area contributed by atoms with Gasteiger partial charge in [-0.05, 0) is 13.0 Å². The van der Waals surface area contributed by atoms with Gasteiger partial charge in [0, 0.05) is 5.57 Å². The number of Topliss-reactive ketones (excluding diaryl/α,β-unsaturated/α-hetero) is 1. The molecule has 0 aromatic rings. The zero-order valence-electron chi connectivity index (χ0n) is 9.53. The molecule has 5 heteroatoms. The fraction of sp³-hybridized carbons (Fsp3) is 0.545.